The Morgan fingerprint density at radius 1 is 1.38 bits per heavy atom. The quantitative estimate of drug-likeness (QED) is 0.725. The van der Waals surface area contributed by atoms with Gasteiger partial charge in [-0.1, -0.05) is 12.1 Å². The van der Waals surface area contributed by atoms with Crippen LogP contribution in [-0.2, 0) is 6.54 Å². The van der Waals surface area contributed by atoms with Crippen LogP contribution in [0.2, 0.25) is 0 Å². The number of carbonyl (C=O) groups excluding carboxylic acids is 1. The van der Waals surface area contributed by atoms with Crippen molar-refractivity contribution in [2.24, 2.45) is 0 Å². The second kappa shape index (κ2) is 4.41. The van der Waals surface area contributed by atoms with Crippen molar-refractivity contribution in [1.82, 2.24) is 9.55 Å². The largest absolute Gasteiger partial charge is 0.324 e. The smallest absolute Gasteiger partial charge is 0.185 e. The summed E-state index contributed by atoms with van der Waals surface area (Å²) in [6.07, 6.45) is 4.07. The summed E-state index contributed by atoms with van der Waals surface area (Å²) in [5.74, 6) is 0.407. The topological polar surface area (TPSA) is 58.7 Å². The van der Waals surface area contributed by atoms with Crippen LogP contribution in [0.5, 0.6) is 0 Å². The lowest BCUT2D eigenvalue weighted by molar-refractivity contribution is 0.111. The highest BCUT2D eigenvalue weighted by Gasteiger charge is 2.01. The number of rotatable bonds is 3. The molecule has 0 N–H and O–H groups in total. The summed E-state index contributed by atoms with van der Waals surface area (Å²) in [6, 6.07) is 9.31. The van der Waals surface area contributed by atoms with E-state index in [4.69, 9.17) is 5.26 Å². The van der Waals surface area contributed by atoms with Crippen molar-refractivity contribution in [3.63, 3.8) is 0 Å². The number of imidazole rings is 1. The van der Waals surface area contributed by atoms with Gasteiger partial charge in [0.05, 0.1) is 11.6 Å². The zero-order valence-electron chi connectivity index (χ0n) is 8.50. The van der Waals surface area contributed by atoms with Crippen molar-refractivity contribution in [1.29, 1.82) is 5.26 Å². The summed E-state index contributed by atoms with van der Waals surface area (Å²) in [5, 5.41) is 8.66. The fourth-order valence-corrected chi connectivity index (χ4v) is 1.45. The first-order valence-electron chi connectivity index (χ1n) is 4.79. The van der Waals surface area contributed by atoms with Crippen LogP contribution in [0.25, 0.3) is 0 Å². The van der Waals surface area contributed by atoms with Gasteiger partial charge >= 0.3 is 0 Å². The standard InChI is InChI=1S/C12H9N3O/c13-7-10-1-3-11(4-2-10)8-15-6-5-14-12(15)9-16/h1-6,9H,8H2. The van der Waals surface area contributed by atoms with Crippen molar-refractivity contribution < 1.29 is 4.79 Å². The SMILES string of the molecule is N#Cc1ccc(Cn2ccnc2C=O)cc1. The van der Waals surface area contributed by atoms with Gasteiger partial charge in [0.1, 0.15) is 0 Å². The molecule has 0 fully saturated rings. The molecule has 0 saturated carbocycles. The molecule has 0 radical (unpaired) electrons. The van der Waals surface area contributed by atoms with Gasteiger partial charge in [0.25, 0.3) is 0 Å². The average molecular weight is 211 g/mol. The van der Waals surface area contributed by atoms with E-state index in [1.807, 2.05) is 12.1 Å². The molecule has 0 unspecified atom stereocenters. The van der Waals surface area contributed by atoms with E-state index in [0.29, 0.717) is 17.9 Å². The fourth-order valence-electron chi connectivity index (χ4n) is 1.45. The van der Waals surface area contributed by atoms with E-state index in [2.05, 4.69) is 11.1 Å². The number of aldehydes is 1. The third-order valence-electron chi connectivity index (χ3n) is 2.29. The van der Waals surface area contributed by atoms with E-state index in [-0.39, 0.29) is 0 Å². The zero-order valence-corrected chi connectivity index (χ0v) is 8.50. The van der Waals surface area contributed by atoms with Gasteiger partial charge in [0, 0.05) is 18.9 Å². The average Bonchev–Trinajstić information content (AvgIpc) is 2.77. The van der Waals surface area contributed by atoms with E-state index in [1.54, 1.807) is 29.1 Å². The third kappa shape index (κ3) is 1.98. The lowest BCUT2D eigenvalue weighted by atomic mass is 10.1. The molecule has 0 saturated heterocycles. The van der Waals surface area contributed by atoms with Gasteiger partial charge in [-0.3, -0.25) is 4.79 Å². The predicted octanol–water partition coefficient (Wildman–Crippen LogP) is 1.62. The number of aromatic nitrogens is 2. The monoisotopic (exact) mass is 211 g/mol. The molecule has 0 aliphatic heterocycles. The van der Waals surface area contributed by atoms with Gasteiger partial charge in [-0.25, -0.2) is 4.98 Å². The Bertz CT molecular complexity index is 534. The minimum atomic E-state index is 0.407. The van der Waals surface area contributed by atoms with E-state index in [9.17, 15) is 4.79 Å². The van der Waals surface area contributed by atoms with Gasteiger partial charge in [-0.15, -0.1) is 0 Å². The van der Waals surface area contributed by atoms with Crippen LogP contribution >= 0.6 is 0 Å². The van der Waals surface area contributed by atoms with Gasteiger partial charge in [0.2, 0.25) is 0 Å². The first-order valence-corrected chi connectivity index (χ1v) is 4.79. The summed E-state index contributed by atoms with van der Waals surface area (Å²) in [4.78, 5) is 14.6. The van der Waals surface area contributed by atoms with Crippen LogP contribution in [0.1, 0.15) is 21.7 Å². The molecule has 0 bridgehead atoms. The number of nitrogens with zero attached hydrogens (tertiary/aromatic N) is 3. The van der Waals surface area contributed by atoms with Gasteiger partial charge in [-0.2, -0.15) is 5.26 Å². The van der Waals surface area contributed by atoms with Crippen LogP contribution < -0.4 is 0 Å². The van der Waals surface area contributed by atoms with Crippen molar-refractivity contribution in [2.45, 2.75) is 6.54 Å². The number of benzene rings is 1. The maximum atomic E-state index is 10.7. The Morgan fingerprint density at radius 3 is 2.75 bits per heavy atom. The minimum absolute atomic E-state index is 0.407. The highest BCUT2D eigenvalue weighted by Crippen LogP contribution is 2.06. The number of carbonyl (C=O) groups is 1. The van der Waals surface area contributed by atoms with E-state index in [0.717, 1.165) is 11.8 Å². The molecule has 0 spiro atoms. The van der Waals surface area contributed by atoms with Crippen LogP contribution in [0, 0.1) is 11.3 Å². The van der Waals surface area contributed by atoms with Crippen molar-refractivity contribution in [3.05, 3.63) is 53.6 Å². The second-order valence-corrected chi connectivity index (χ2v) is 3.34. The Kier molecular flexibility index (Phi) is 2.79. The molecule has 0 aliphatic rings. The Hall–Kier alpha value is -2.41. The number of nitriles is 1. The molecular weight excluding hydrogens is 202 g/mol. The minimum Gasteiger partial charge on any atom is -0.324 e. The third-order valence-corrected chi connectivity index (χ3v) is 2.29. The molecule has 0 amide bonds. The maximum absolute atomic E-state index is 10.7. The molecule has 1 aromatic carbocycles. The molecule has 16 heavy (non-hydrogen) atoms. The second-order valence-electron chi connectivity index (χ2n) is 3.34. The normalized spacial score (nSPS) is 9.69. The first-order chi connectivity index (χ1) is 7.83. The van der Waals surface area contributed by atoms with Crippen LogP contribution in [0.15, 0.2) is 36.7 Å². The van der Waals surface area contributed by atoms with Gasteiger partial charge in [-0.05, 0) is 17.7 Å². The van der Waals surface area contributed by atoms with Crippen molar-refractivity contribution in [3.8, 4) is 6.07 Å². The zero-order chi connectivity index (χ0) is 11.4. The molecular formula is C12H9N3O. The summed E-state index contributed by atoms with van der Waals surface area (Å²) in [6.45, 7) is 0.583. The molecule has 78 valence electrons. The molecule has 0 atom stereocenters. The highest BCUT2D eigenvalue weighted by molar-refractivity contribution is 5.69. The molecule has 0 aliphatic carbocycles. The molecule has 1 aromatic heterocycles. The molecule has 2 aromatic rings. The van der Waals surface area contributed by atoms with E-state index >= 15 is 0 Å². The number of hydrogen-bond acceptors (Lipinski definition) is 3. The van der Waals surface area contributed by atoms with Crippen LogP contribution in [0.4, 0.5) is 0 Å². The first kappa shape index (κ1) is 10.1. The van der Waals surface area contributed by atoms with E-state index < -0.39 is 0 Å². The Morgan fingerprint density at radius 2 is 2.12 bits per heavy atom. The molecule has 4 nitrogen and oxygen atoms in total. The Balaban J connectivity index is 2.21. The summed E-state index contributed by atoms with van der Waals surface area (Å²) >= 11 is 0. The Labute approximate surface area is 92.8 Å². The van der Waals surface area contributed by atoms with Crippen LogP contribution in [-0.4, -0.2) is 15.8 Å². The lowest BCUT2D eigenvalue weighted by Gasteiger charge is -2.04. The summed E-state index contributed by atoms with van der Waals surface area (Å²) in [5.41, 5.74) is 1.66. The van der Waals surface area contributed by atoms with E-state index in [1.165, 1.54) is 0 Å². The fraction of sp³-hybridized carbons (Fsp3) is 0.0833. The lowest BCUT2D eigenvalue weighted by Crippen LogP contribution is -2.03. The van der Waals surface area contributed by atoms with Crippen LogP contribution in [0.3, 0.4) is 0 Å². The maximum Gasteiger partial charge on any atom is 0.185 e. The summed E-state index contributed by atoms with van der Waals surface area (Å²) in [7, 11) is 0. The van der Waals surface area contributed by atoms with Gasteiger partial charge < -0.3 is 4.57 Å². The number of hydrogen-bond donors (Lipinski definition) is 0. The molecule has 2 rings (SSSR count). The highest BCUT2D eigenvalue weighted by atomic mass is 16.1. The van der Waals surface area contributed by atoms with Crippen molar-refractivity contribution >= 4 is 6.29 Å². The predicted molar refractivity (Wildman–Crippen MR) is 57.9 cm³/mol. The van der Waals surface area contributed by atoms with Crippen molar-refractivity contribution in [2.75, 3.05) is 0 Å². The van der Waals surface area contributed by atoms with Gasteiger partial charge in [0.15, 0.2) is 12.1 Å². The molecule has 1 heterocycles. The summed E-state index contributed by atoms with van der Waals surface area (Å²) < 4.78 is 1.76. The molecule has 4 heteroatoms.